The first-order valence-electron chi connectivity index (χ1n) is 16.8. The molecule has 9 rings (SSSR count). The number of hydrogen-bond donors (Lipinski definition) is 0. The largest absolute Gasteiger partial charge is 0.453 e. The van der Waals surface area contributed by atoms with Gasteiger partial charge in [-0.05, 0) is 101 Å². The van der Waals surface area contributed by atoms with Gasteiger partial charge in [0.1, 0.15) is 5.76 Å². The van der Waals surface area contributed by atoms with Crippen molar-refractivity contribution in [2.24, 2.45) is 0 Å². The van der Waals surface area contributed by atoms with Crippen LogP contribution in [0.15, 0.2) is 169 Å². The zero-order valence-corrected chi connectivity index (χ0v) is 27.2. The number of nitrogens with zero attached hydrogens (tertiary/aromatic N) is 2. The van der Waals surface area contributed by atoms with Crippen molar-refractivity contribution in [2.75, 3.05) is 9.80 Å². The van der Waals surface area contributed by atoms with Crippen LogP contribution in [0, 0.1) is 0 Å². The van der Waals surface area contributed by atoms with E-state index in [1.807, 2.05) is 12.1 Å². The van der Waals surface area contributed by atoms with E-state index in [0.717, 1.165) is 47.1 Å². The quantitative estimate of drug-likeness (QED) is 0.191. The molecule has 0 saturated heterocycles. The molecule has 6 aromatic carbocycles. The van der Waals surface area contributed by atoms with Gasteiger partial charge in [0.05, 0.1) is 17.1 Å². The van der Waals surface area contributed by atoms with Crippen molar-refractivity contribution in [3.8, 4) is 28.0 Å². The summed E-state index contributed by atoms with van der Waals surface area (Å²) < 4.78 is 6.27. The lowest BCUT2D eigenvalue weighted by atomic mass is 9.82. The monoisotopic (exact) mass is 620 g/mol. The summed E-state index contributed by atoms with van der Waals surface area (Å²) in [5, 5.41) is 0. The molecule has 3 nitrogen and oxygen atoms in total. The molecule has 48 heavy (non-hydrogen) atoms. The lowest BCUT2D eigenvalue weighted by Crippen LogP contribution is -2.25. The second-order valence-electron chi connectivity index (χ2n) is 13.3. The molecule has 0 N–H and O–H groups in total. The molecule has 232 valence electrons. The van der Waals surface area contributed by atoms with Crippen LogP contribution in [0.2, 0.25) is 0 Å². The first-order valence-corrected chi connectivity index (χ1v) is 16.8. The molecule has 2 aliphatic carbocycles. The molecule has 0 saturated carbocycles. The molecular weight excluding hydrogens is 585 g/mol. The van der Waals surface area contributed by atoms with Gasteiger partial charge in [-0.25, -0.2) is 0 Å². The van der Waals surface area contributed by atoms with Gasteiger partial charge >= 0.3 is 0 Å². The van der Waals surface area contributed by atoms with Crippen molar-refractivity contribution < 1.29 is 4.74 Å². The van der Waals surface area contributed by atoms with Gasteiger partial charge < -0.3 is 14.5 Å². The molecule has 0 spiro atoms. The molecule has 0 atom stereocenters. The molecule has 0 radical (unpaired) electrons. The molecule has 0 amide bonds. The maximum atomic E-state index is 6.27. The third-order valence-electron chi connectivity index (χ3n) is 10.1. The zero-order chi connectivity index (χ0) is 32.2. The third-order valence-corrected chi connectivity index (χ3v) is 10.1. The minimum Gasteiger partial charge on any atom is -0.453 e. The lowest BCUT2D eigenvalue weighted by molar-refractivity contribution is 0.421. The van der Waals surface area contributed by atoms with E-state index in [0.29, 0.717) is 0 Å². The molecule has 1 aliphatic heterocycles. The second kappa shape index (κ2) is 11.2. The Balaban J connectivity index is 1.09. The highest BCUT2D eigenvalue weighted by atomic mass is 16.5. The Hall–Kier alpha value is -5.80. The number of para-hydroxylation sites is 3. The van der Waals surface area contributed by atoms with Gasteiger partial charge in [0, 0.05) is 28.0 Å². The van der Waals surface area contributed by atoms with E-state index in [-0.39, 0.29) is 5.41 Å². The van der Waals surface area contributed by atoms with E-state index in [1.54, 1.807) is 0 Å². The molecule has 0 bridgehead atoms. The Bertz CT molecular complexity index is 2230. The minimum absolute atomic E-state index is 0.0601. The predicted octanol–water partition coefficient (Wildman–Crippen LogP) is 12.2. The molecule has 0 fully saturated rings. The average molecular weight is 621 g/mol. The van der Waals surface area contributed by atoms with Crippen molar-refractivity contribution in [1.82, 2.24) is 0 Å². The number of rotatable bonds is 5. The zero-order valence-electron chi connectivity index (χ0n) is 27.2. The van der Waals surface area contributed by atoms with Crippen LogP contribution in [-0.4, -0.2) is 0 Å². The van der Waals surface area contributed by atoms with Gasteiger partial charge in [-0.15, -0.1) is 0 Å². The van der Waals surface area contributed by atoms with E-state index in [9.17, 15) is 0 Å². The Morgan fingerprint density at radius 1 is 0.625 bits per heavy atom. The molecular formula is C45H36N2O. The summed E-state index contributed by atoms with van der Waals surface area (Å²) in [5.74, 6) is 1.83. The fourth-order valence-electron chi connectivity index (χ4n) is 7.76. The Morgan fingerprint density at radius 3 is 2.10 bits per heavy atom. The normalized spacial score (nSPS) is 15.2. The summed E-state index contributed by atoms with van der Waals surface area (Å²) in [5.41, 5.74) is 14.6. The Kier molecular flexibility index (Phi) is 6.62. The van der Waals surface area contributed by atoms with Gasteiger partial charge in [0.2, 0.25) is 0 Å². The number of fused-ring (bicyclic) bond motifs is 4. The topological polar surface area (TPSA) is 15.7 Å². The van der Waals surface area contributed by atoms with Crippen molar-refractivity contribution in [3.63, 3.8) is 0 Å². The number of anilines is 5. The number of benzene rings is 6. The summed E-state index contributed by atoms with van der Waals surface area (Å²) in [4.78, 5) is 4.77. The fourth-order valence-corrected chi connectivity index (χ4v) is 7.76. The molecule has 3 heteroatoms. The van der Waals surface area contributed by atoms with Crippen molar-refractivity contribution in [1.29, 1.82) is 0 Å². The van der Waals surface area contributed by atoms with E-state index in [4.69, 9.17) is 4.74 Å². The highest BCUT2D eigenvalue weighted by Gasteiger charge is 2.37. The fraction of sp³-hybridized carbons (Fsp3) is 0.111. The Morgan fingerprint density at radius 2 is 1.29 bits per heavy atom. The summed E-state index contributed by atoms with van der Waals surface area (Å²) in [6, 6.07) is 52.6. The first-order chi connectivity index (χ1) is 23.6. The van der Waals surface area contributed by atoms with E-state index in [1.165, 1.54) is 44.8 Å². The predicted molar refractivity (Wildman–Crippen MR) is 199 cm³/mol. The molecule has 0 aromatic heterocycles. The summed E-state index contributed by atoms with van der Waals surface area (Å²) in [6.45, 7) is 4.68. The summed E-state index contributed by atoms with van der Waals surface area (Å²) in [6.07, 6.45) is 6.28. The van der Waals surface area contributed by atoms with Gasteiger partial charge in [-0.3, -0.25) is 0 Å². The summed E-state index contributed by atoms with van der Waals surface area (Å²) in [7, 11) is 0. The van der Waals surface area contributed by atoms with Crippen LogP contribution < -0.4 is 14.5 Å². The molecule has 3 aliphatic rings. The first kappa shape index (κ1) is 28.4. The van der Waals surface area contributed by atoms with Crippen molar-refractivity contribution in [2.45, 2.75) is 32.1 Å². The Labute approximate surface area is 282 Å². The van der Waals surface area contributed by atoms with Crippen LogP contribution in [-0.2, 0) is 5.41 Å². The standard InChI is InChI=1S/C45H36N2O/c1-45(2)37-16-7-6-15-36(37)44-38(45)17-12-20-41(44)46(33-13-4-3-5-14-33)34-27-23-31(24-28-34)32-25-29-35(30-26-32)47-39-18-8-10-21-42(39)48-43-22-11-9-19-40(43)47/h3-8,10-18,20-30H,9,19H2,1-2H3. The van der Waals surface area contributed by atoms with Crippen molar-refractivity contribution >= 4 is 28.4 Å². The van der Waals surface area contributed by atoms with E-state index >= 15 is 0 Å². The van der Waals surface area contributed by atoms with Crippen molar-refractivity contribution in [3.05, 3.63) is 180 Å². The van der Waals surface area contributed by atoms with Crippen LogP contribution in [0.3, 0.4) is 0 Å². The highest BCUT2D eigenvalue weighted by molar-refractivity contribution is 5.95. The van der Waals surface area contributed by atoms with Crippen LogP contribution in [0.25, 0.3) is 22.3 Å². The smallest absolute Gasteiger partial charge is 0.151 e. The highest BCUT2D eigenvalue weighted by Crippen LogP contribution is 2.54. The maximum Gasteiger partial charge on any atom is 0.151 e. The van der Waals surface area contributed by atoms with Crippen LogP contribution in [0.1, 0.15) is 37.8 Å². The van der Waals surface area contributed by atoms with E-state index < -0.39 is 0 Å². The van der Waals surface area contributed by atoms with E-state index in [2.05, 4.69) is 169 Å². The van der Waals surface area contributed by atoms with Gasteiger partial charge in [-0.2, -0.15) is 0 Å². The van der Waals surface area contributed by atoms with Gasteiger partial charge in [-0.1, -0.05) is 111 Å². The lowest BCUT2D eigenvalue weighted by Gasteiger charge is -2.35. The van der Waals surface area contributed by atoms with Gasteiger partial charge in [0.15, 0.2) is 5.75 Å². The van der Waals surface area contributed by atoms with Crippen LogP contribution in [0.4, 0.5) is 28.4 Å². The van der Waals surface area contributed by atoms with Crippen LogP contribution >= 0.6 is 0 Å². The van der Waals surface area contributed by atoms with Crippen LogP contribution in [0.5, 0.6) is 5.75 Å². The summed E-state index contributed by atoms with van der Waals surface area (Å²) >= 11 is 0. The van der Waals surface area contributed by atoms with Gasteiger partial charge in [0.25, 0.3) is 0 Å². The molecule has 1 heterocycles. The number of hydrogen-bond acceptors (Lipinski definition) is 3. The maximum absolute atomic E-state index is 6.27. The molecule has 6 aromatic rings. The SMILES string of the molecule is CC1(C)c2ccccc2-c2c(N(c3ccccc3)c3ccc(-c4ccc(N5C6=C(C=CCC6)Oc6ccccc65)cc4)cc3)cccc21. The second-order valence-corrected chi connectivity index (χ2v) is 13.3. The molecule has 0 unspecified atom stereocenters. The number of allylic oxidation sites excluding steroid dienone is 3. The average Bonchev–Trinajstić information content (AvgIpc) is 3.38. The minimum atomic E-state index is -0.0601. The number of ether oxygens (including phenoxy) is 1. The third kappa shape index (κ3) is 4.50.